The summed E-state index contributed by atoms with van der Waals surface area (Å²) < 4.78 is 32.1. The Balaban J connectivity index is 1.96. The number of aromatic nitrogens is 2. The van der Waals surface area contributed by atoms with Crippen molar-refractivity contribution in [2.24, 2.45) is 7.05 Å². The second-order valence-corrected chi connectivity index (χ2v) is 10.4. The van der Waals surface area contributed by atoms with Gasteiger partial charge in [-0.25, -0.2) is 13.4 Å². The SMILES string of the molecule is CCS(=O)(=O)Cc1cc(-c2cc(C)c(=O)n(C)c2)c2oc(C3(C)CC3)nc2c1. The van der Waals surface area contributed by atoms with Gasteiger partial charge in [-0.05, 0) is 43.5 Å². The highest BCUT2D eigenvalue weighted by molar-refractivity contribution is 7.90. The molecular formula is C21H24N2O4S. The lowest BCUT2D eigenvalue weighted by Crippen LogP contribution is -2.18. The number of rotatable bonds is 5. The molecule has 1 aliphatic carbocycles. The summed E-state index contributed by atoms with van der Waals surface area (Å²) in [7, 11) is -1.48. The van der Waals surface area contributed by atoms with Gasteiger partial charge in [0.2, 0.25) is 5.89 Å². The third-order valence-electron chi connectivity index (χ3n) is 5.57. The first-order chi connectivity index (χ1) is 13.1. The predicted molar refractivity (Wildman–Crippen MR) is 109 cm³/mol. The first kappa shape index (κ1) is 18.9. The summed E-state index contributed by atoms with van der Waals surface area (Å²) in [4.78, 5) is 16.8. The van der Waals surface area contributed by atoms with Gasteiger partial charge in [-0.15, -0.1) is 0 Å². The van der Waals surface area contributed by atoms with Crippen LogP contribution in [-0.4, -0.2) is 23.7 Å². The number of benzene rings is 1. The zero-order chi connectivity index (χ0) is 20.3. The van der Waals surface area contributed by atoms with Crippen molar-refractivity contribution in [1.29, 1.82) is 0 Å². The molecule has 0 saturated heterocycles. The molecule has 148 valence electrons. The molecule has 7 heteroatoms. The van der Waals surface area contributed by atoms with Crippen LogP contribution in [0.25, 0.3) is 22.2 Å². The zero-order valence-electron chi connectivity index (χ0n) is 16.6. The third kappa shape index (κ3) is 3.28. The molecule has 28 heavy (non-hydrogen) atoms. The Morgan fingerprint density at radius 3 is 2.57 bits per heavy atom. The van der Waals surface area contributed by atoms with E-state index in [0.717, 1.165) is 24.0 Å². The molecule has 0 spiro atoms. The minimum absolute atomic E-state index is 0.0363. The summed E-state index contributed by atoms with van der Waals surface area (Å²) >= 11 is 0. The third-order valence-corrected chi connectivity index (χ3v) is 7.22. The molecule has 0 N–H and O–H groups in total. The van der Waals surface area contributed by atoms with Crippen LogP contribution in [-0.2, 0) is 28.1 Å². The van der Waals surface area contributed by atoms with Gasteiger partial charge in [-0.1, -0.05) is 13.8 Å². The summed E-state index contributed by atoms with van der Waals surface area (Å²) in [6.45, 7) is 5.54. The molecule has 1 aromatic carbocycles. The first-order valence-corrected chi connectivity index (χ1v) is 11.3. The van der Waals surface area contributed by atoms with Crippen molar-refractivity contribution < 1.29 is 12.8 Å². The van der Waals surface area contributed by atoms with Crippen LogP contribution in [0, 0.1) is 6.92 Å². The molecule has 6 nitrogen and oxygen atoms in total. The van der Waals surface area contributed by atoms with E-state index in [1.54, 1.807) is 33.2 Å². The van der Waals surface area contributed by atoms with E-state index in [2.05, 4.69) is 11.9 Å². The summed E-state index contributed by atoms with van der Waals surface area (Å²) in [6, 6.07) is 5.47. The molecule has 0 atom stereocenters. The van der Waals surface area contributed by atoms with Gasteiger partial charge in [0.1, 0.15) is 5.52 Å². The van der Waals surface area contributed by atoms with E-state index < -0.39 is 9.84 Å². The van der Waals surface area contributed by atoms with Crippen LogP contribution >= 0.6 is 0 Å². The van der Waals surface area contributed by atoms with Crippen molar-refractivity contribution in [2.45, 2.75) is 44.8 Å². The van der Waals surface area contributed by atoms with E-state index in [1.165, 1.54) is 4.57 Å². The van der Waals surface area contributed by atoms with Gasteiger partial charge in [0.05, 0.1) is 5.75 Å². The minimum Gasteiger partial charge on any atom is -0.439 e. The Bertz CT molecular complexity index is 1220. The maximum Gasteiger partial charge on any atom is 0.253 e. The fourth-order valence-electron chi connectivity index (χ4n) is 3.43. The largest absolute Gasteiger partial charge is 0.439 e. The Morgan fingerprint density at radius 1 is 1.25 bits per heavy atom. The van der Waals surface area contributed by atoms with Crippen LogP contribution in [0.15, 0.2) is 33.6 Å². The second kappa shape index (κ2) is 6.30. The van der Waals surface area contributed by atoms with E-state index in [-0.39, 0.29) is 22.5 Å². The standard InChI is InChI=1S/C21H24N2O4S/c1-5-28(25,26)12-14-9-16(15-8-13(2)19(24)23(4)11-15)18-17(10-14)22-20(27-18)21(3)6-7-21/h8-11H,5-7,12H2,1-4H3. The van der Waals surface area contributed by atoms with Crippen molar-refractivity contribution in [1.82, 2.24) is 9.55 Å². The van der Waals surface area contributed by atoms with E-state index in [4.69, 9.17) is 4.42 Å². The molecule has 0 unspecified atom stereocenters. The van der Waals surface area contributed by atoms with E-state index in [0.29, 0.717) is 28.1 Å². The molecule has 4 rings (SSSR count). The number of hydrogen-bond acceptors (Lipinski definition) is 5. The number of fused-ring (bicyclic) bond motifs is 1. The Kier molecular flexibility index (Phi) is 4.26. The smallest absolute Gasteiger partial charge is 0.253 e. The number of hydrogen-bond donors (Lipinski definition) is 0. The summed E-state index contributed by atoms with van der Waals surface area (Å²) in [6.07, 6.45) is 3.82. The van der Waals surface area contributed by atoms with Crippen LogP contribution < -0.4 is 5.56 Å². The van der Waals surface area contributed by atoms with Crippen molar-refractivity contribution in [3.05, 3.63) is 51.8 Å². The Hall–Kier alpha value is -2.41. The topological polar surface area (TPSA) is 82.2 Å². The highest BCUT2D eigenvalue weighted by Gasteiger charge is 2.44. The lowest BCUT2D eigenvalue weighted by molar-refractivity contribution is 0.477. The summed E-state index contributed by atoms with van der Waals surface area (Å²) in [5.41, 5.74) is 4.07. The van der Waals surface area contributed by atoms with Crippen molar-refractivity contribution in [2.75, 3.05) is 5.75 Å². The molecule has 1 aliphatic rings. The lowest BCUT2D eigenvalue weighted by atomic mass is 10.0. The molecular weight excluding hydrogens is 376 g/mol. The van der Waals surface area contributed by atoms with Gasteiger partial charge in [0.25, 0.3) is 5.56 Å². The fourth-order valence-corrected chi connectivity index (χ4v) is 4.31. The number of sulfone groups is 1. The van der Waals surface area contributed by atoms with E-state index in [1.807, 2.05) is 12.1 Å². The normalized spacial score (nSPS) is 15.9. The highest BCUT2D eigenvalue weighted by atomic mass is 32.2. The van der Waals surface area contributed by atoms with Crippen molar-refractivity contribution in [3.8, 4) is 11.1 Å². The van der Waals surface area contributed by atoms with Crippen LogP contribution in [0.2, 0.25) is 0 Å². The van der Waals surface area contributed by atoms with Crippen LogP contribution in [0.4, 0.5) is 0 Å². The second-order valence-electron chi connectivity index (χ2n) is 8.08. The molecule has 2 heterocycles. The molecule has 1 fully saturated rings. The van der Waals surface area contributed by atoms with Crippen LogP contribution in [0.3, 0.4) is 0 Å². The van der Waals surface area contributed by atoms with Gasteiger partial charge in [0, 0.05) is 41.1 Å². The van der Waals surface area contributed by atoms with E-state index >= 15 is 0 Å². The maximum atomic E-state index is 12.2. The Labute approximate surface area is 164 Å². The number of pyridine rings is 1. The highest BCUT2D eigenvalue weighted by Crippen LogP contribution is 2.48. The summed E-state index contributed by atoms with van der Waals surface area (Å²) in [5, 5.41) is 0. The van der Waals surface area contributed by atoms with Crippen molar-refractivity contribution in [3.63, 3.8) is 0 Å². The van der Waals surface area contributed by atoms with Gasteiger partial charge in [0.15, 0.2) is 15.4 Å². The fraction of sp³-hybridized carbons (Fsp3) is 0.429. The minimum atomic E-state index is -3.19. The van der Waals surface area contributed by atoms with Gasteiger partial charge in [-0.2, -0.15) is 0 Å². The number of aryl methyl sites for hydroxylation is 2. The predicted octanol–water partition coefficient (Wildman–Crippen LogP) is 3.49. The van der Waals surface area contributed by atoms with Crippen molar-refractivity contribution >= 4 is 20.9 Å². The Morgan fingerprint density at radius 2 is 1.96 bits per heavy atom. The molecule has 0 radical (unpaired) electrons. The average molecular weight is 401 g/mol. The maximum absolute atomic E-state index is 12.2. The summed E-state index contributed by atoms with van der Waals surface area (Å²) in [5.74, 6) is 0.735. The first-order valence-electron chi connectivity index (χ1n) is 9.44. The lowest BCUT2D eigenvalue weighted by Gasteiger charge is -2.09. The van der Waals surface area contributed by atoms with Crippen LogP contribution in [0.5, 0.6) is 0 Å². The van der Waals surface area contributed by atoms with Gasteiger partial charge >= 0.3 is 0 Å². The molecule has 2 aromatic heterocycles. The molecule has 0 bridgehead atoms. The van der Waals surface area contributed by atoms with Gasteiger partial charge < -0.3 is 8.98 Å². The van der Waals surface area contributed by atoms with Gasteiger partial charge in [-0.3, -0.25) is 4.79 Å². The average Bonchev–Trinajstić information content (AvgIpc) is 3.23. The van der Waals surface area contributed by atoms with Crippen LogP contribution in [0.1, 0.15) is 43.7 Å². The molecule has 1 saturated carbocycles. The van der Waals surface area contributed by atoms with E-state index in [9.17, 15) is 13.2 Å². The zero-order valence-corrected chi connectivity index (χ0v) is 17.4. The quantitative estimate of drug-likeness (QED) is 0.655. The molecule has 0 aliphatic heterocycles. The molecule has 0 amide bonds. The molecule has 3 aromatic rings. The number of nitrogens with zero attached hydrogens (tertiary/aromatic N) is 2. The monoisotopic (exact) mass is 400 g/mol. The number of oxazole rings is 1.